The first-order chi connectivity index (χ1) is 16.5. The number of rotatable bonds is 2. The summed E-state index contributed by atoms with van der Waals surface area (Å²) in [6.07, 6.45) is -0.279. The number of amides is 1. The molecule has 1 unspecified atom stereocenters. The molecule has 34 heavy (non-hydrogen) atoms. The maximum absolute atomic E-state index is 12.8. The van der Waals surface area contributed by atoms with Crippen LogP contribution in [0.1, 0.15) is 29.2 Å². The van der Waals surface area contributed by atoms with Crippen LogP contribution in [-0.2, 0) is 11.3 Å². The third kappa shape index (κ3) is 4.49. The Bertz CT molecular complexity index is 1240. The minimum Gasteiger partial charge on any atom is -0.454 e. The molecule has 0 saturated carbocycles. The van der Waals surface area contributed by atoms with Crippen LogP contribution in [-0.4, -0.2) is 47.4 Å². The summed E-state index contributed by atoms with van der Waals surface area (Å²) in [5.41, 5.74) is 5.04. The van der Waals surface area contributed by atoms with Crippen molar-refractivity contribution in [2.24, 2.45) is 4.99 Å². The second kappa shape index (κ2) is 9.21. The fraction of sp³-hybridized carbons (Fsp3) is 0.286. The number of carbonyl (C=O) groups excluding carboxylic acids is 1. The van der Waals surface area contributed by atoms with Gasteiger partial charge in [-0.25, -0.2) is 9.79 Å². The Balaban J connectivity index is 1.37. The molecule has 0 radical (unpaired) electrons. The lowest BCUT2D eigenvalue weighted by molar-refractivity contribution is 0.0624. The highest BCUT2D eigenvalue weighted by molar-refractivity contribution is 6.04. The maximum atomic E-state index is 12.8. The Kier molecular flexibility index (Phi) is 5.97. The van der Waals surface area contributed by atoms with Gasteiger partial charge in [-0.1, -0.05) is 48.0 Å². The first kappa shape index (κ1) is 22.0. The molecule has 0 N–H and O–H groups in total. The van der Waals surface area contributed by atoms with Crippen molar-refractivity contribution in [3.05, 3.63) is 89.0 Å². The molecule has 1 amide bonds. The summed E-state index contributed by atoms with van der Waals surface area (Å²) >= 11 is 0. The molecule has 0 aliphatic carbocycles. The van der Waals surface area contributed by atoms with Gasteiger partial charge < -0.3 is 19.3 Å². The van der Waals surface area contributed by atoms with Gasteiger partial charge in [0, 0.05) is 25.7 Å². The zero-order valence-corrected chi connectivity index (χ0v) is 19.8. The maximum Gasteiger partial charge on any atom is 0.410 e. The van der Waals surface area contributed by atoms with Crippen molar-refractivity contribution in [2.45, 2.75) is 33.4 Å². The van der Waals surface area contributed by atoms with Crippen LogP contribution in [0.3, 0.4) is 0 Å². The van der Waals surface area contributed by atoms with Crippen molar-refractivity contribution in [3.63, 3.8) is 0 Å². The van der Waals surface area contributed by atoms with Crippen molar-refractivity contribution in [2.75, 3.05) is 19.6 Å². The van der Waals surface area contributed by atoms with Gasteiger partial charge in [0.05, 0.1) is 5.56 Å². The summed E-state index contributed by atoms with van der Waals surface area (Å²) in [5, 5.41) is 0. The number of piperazine rings is 1. The molecule has 6 heteroatoms. The lowest BCUT2D eigenvalue weighted by atomic mass is 10.1. The Morgan fingerprint density at radius 2 is 1.76 bits per heavy atom. The van der Waals surface area contributed by atoms with Crippen LogP contribution >= 0.6 is 0 Å². The highest BCUT2D eigenvalue weighted by Crippen LogP contribution is 2.39. The Morgan fingerprint density at radius 3 is 2.56 bits per heavy atom. The summed E-state index contributed by atoms with van der Waals surface area (Å²) in [4.78, 5) is 21.9. The van der Waals surface area contributed by atoms with Crippen molar-refractivity contribution in [3.8, 4) is 11.5 Å². The molecule has 0 spiro atoms. The molecule has 2 aliphatic heterocycles. The molecule has 2 aliphatic rings. The average molecular weight is 456 g/mol. The van der Waals surface area contributed by atoms with E-state index in [1.165, 1.54) is 0 Å². The van der Waals surface area contributed by atoms with E-state index in [0.29, 0.717) is 19.6 Å². The van der Waals surface area contributed by atoms with Crippen LogP contribution in [0.2, 0.25) is 0 Å². The predicted octanol–water partition coefficient (Wildman–Crippen LogP) is 5.83. The number of nitrogens with zero attached hydrogens (tertiary/aromatic N) is 3. The van der Waals surface area contributed by atoms with Gasteiger partial charge in [0.15, 0.2) is 5.75 Å². The third-order valence-electron chi connectivity index (χ3n) is 6.30. The first-order valence-corrected chi connectivity index (χ1v) is 11.7. The molecule has 3 aromatic carbocycles. The Labute approximate surface area is 200 Å². The van der Waals surface area contributed by atoms with E-state index in [-0.39, 0.29) is 18.7 Å². The summed E-state index contributed by atoms with van der Waals surface area (Å²) in [6, 6.07) is 22.0. The zero-order valence-electron chi connectivity index (χ0n) is 19.8. The van der Waals surface area contributed by atoms with Gasteiger partial charge >= 0.3 is 6.09 Å². The summed E-state index contributed by atoms with van der Waals surface area (Å²) in [5.74, 6) is 2.44. The van der Waals surface area contributed by atoms with Crippen molar-refractivity contribution in [1.82, 2.24) is 9.80 Å². The molecular formula is C28H29N3O3. The molecule has 2 heterocycles. The van der Waals surface area contributed by atoms with E-state index in [2.05, 4.69) is 30.9 Å². The van der Waals surface area contributed by atoms with Crippen LogP contribution in [0.5, 0.6) is 11.5 Å². The van der Waals surface area contributed by atoms with Crippen LogP contribution in [0.25, 0.3) is 0 Å². The predicted molar refractivity (Wildman–Crippen MR) is 133 cm³/mol. The molecule has 0 bridgehead atoms. The second-order valence-corrected chi connectivity index (χ2v) is 9.04. The van der Waals surface area contributed by atoms with Crippen LogP contribution < -0.4 is 4.74 Å². The molecule has 1 saturated heterocycles. The van der Waals surface area contributed by atoms with Gasteiger partial charge in [0.25, 0.3) is 0 Å². The standard InChI is InChI=1S/C28H29N3O3/c1-19-10-12-25-23(15-19)27(29-24-11-9-20(2)16-26(24)34-25)30-13-14-31(21(3)17-30)28(32)33-18-22-7-5-4-6-8-22/h4-12,15-16,21H,13-14,17-18H2,1-3H3. The molecule has 3 aromatic rings. The normalized spacial score (nSPS) is 17.1. The summed E-state index contributed by atoms with van der Waals surface area (Å²) in [6.45, 7) is 8.34. The van der Waals surface area contributed by atoms with Crippen LogP contribution in [0.15, 0.2) is 71.7 Å². The summed E-state index contributed by atoms with van der Waals surface area (Å²) < 4.78 is 11.9. The number of aryl methyl sites for hydroxylation is 2. The lowest BCUT2D eigenvalue weighted by Crippen LogP contribution is -2.55. The highest BCUT2D eigenvalue weighted by atomic mass is 16.6. The van der Waals surface area contributed by atoms with E-state index >= 15 is 0 Å². The smallest absolute Gasteiger partial charge is 0.410 e. The van der Waals surface area contributed by atoms with E-state index in [1.54, 1.807) is 0 Å². The molecule has 1 fully saturated rings. The largest absolute Gasteiger partial charge is 0.454 e. The van der Waals surface area contributed by atoms with Gasteiger partial charge in [-0.05, 0) is 56.2 Å². The van der Waals surface area contributed by atoms with Crippen LogP contribution in [0.4, 0.5) is 10.5 Å². The minimum absolute atomic E-state index is 0.0188. The molecule has 0 aromatic heterocycles. The number of amidine groups is 1. The van der Waals surface area contributed by atoms with Crippen molar-refractivity contribution >= 4 is 17.6 Å². The number of hydrogen-bond donors (Lipinski definition) is 0. The quantitative estimate of drug-likeness (QED) is 0.488. The van der Waals surface area contributed by atoms with E-state index in [4.69, 9.17) is 14.5 Å². The third-order valence-corrected chi connectivity index (χ3v) is 6.30. The second-order valence-electron chi connectivity index (χ2n) is 9.04. The van der Waals surface area contributed by atoms with E-state index in [0.717, 1.165) is 45.3 Å². The Morgan fingerprint density at radius 1 is 1.00 bits per heavy atom. The molecule has 6 nitrogen and oxygen atoms in total. The molecular weight excluding hydrogens is 426 g/mol. The van der Waals surface area contributed by atoms with Gasteiger partial charge in [-0.3, -0.25) is 0 Å². The molecule has 174 valence electrons. The van der Waals surface area contributed by atoms with Crippen molar-refractivity contribution in [1.29, 1.82) is 0 Å². The lowest BCUT2D eigenvalue weighted by Gasteiger charge is -2.40. The number of aliphatic imine (C=N–C) groups is 1. The first-order valence-electron chi connectivity index (χ1n) is 11.7. The number of ether oxygens (including phenoxy) is 2. The molecule has 5 rings (SSSR count). The van der Waals surface area contributed by atoms with E-state index in [9.17, 15) is 4.79 Å². The monoisotopic (exact) mass is 455 g/mol. The Hall–Kier alpha value is -3.80. The molecule has 1 atom stereocenters. The number of fused-ring (bicyclic) bond motifs is 2. The van der Waals surface area contributed by atoms with Crippen LogP contribution in [0, 0.1) is 13.8 Å². The minimum atomic E-state index is -0.279. The van der Waals surface area contributed by atoms with E-state index in [1.807, 2.05) is 66.4 Å². The fourth-order valence-electron chi connectivity index (χ4n) is 4.46. The summed E-state index contributed by atoms with van der Waals surface area (Å²) in [7, 11) is 0. The van der Waals surface area contributed by atoms with Gasteiger partial charge in [-0.15, -0.1) is 0 Å². The fourth-order valence-corrected chi connectivity index (χ4v) is 4.46. The number of benzene rings is 3. The SMILES string of the molecule is Cc1ccc2c(c1)Oc1ccc(C)cc1C(N1CCN(C(=O)OCc3ccccc3)C(C)C1)=N2. The average Bonchev–Trinajstić information content (AvgIpc) is 2.99. The topological polar surface area (TPSA) is 54.4 Å². The highest BCUT2D eigenvalue weighted by Gasteiger charge is 2.32. The number of carbonyl (C=O) groups is 1. The van der Waals surface area contributed by atoms with Gasteiger partial charge in [-0.2, -0.15) is 0 Å². The van der Waals surface area contributed by atoms with E-state index < -0.39 is 0 Å². The van der Waals surface area contributed by atoms with Crippen molar-refractivity contribution < 1.29 is 14.3 Å². The zero-order chi connectivity index (χ0) is 23.7. The van der Waals surface area contributed by atoms with Gasteiger partial charge in [0.1, 0.15) is 23.9 Å². The number of hydrogen-bond acceptors (Lipinski definition) is 5. The van der Waals surface area contributed by atoms with Gasteiger partial charge in [0.2, 0.25) is 0 Å².